The lowest BCUT2D eigenvalue weighted by atomic mass is 10.2. The summed E-state index contributed by atoms with van der Waals surface area (Å²) >= 11 is 5.83. The molecule has 2 rings (SSSR count). The van der Waals surface area contributed by atoms with Crippen LogP contribution in [0, 0.1) is 0 Å². The van der Waals surface area contributed by atoms with Gasteiger partial charge in [0.05, 0.1) is 23.4 Å². The molecule has 86 valence electrons. The molecule has 1 atom stereocenters. The molecule has 1 aromatic rings. The first-order valence-corrected chi connectivity index (χ1v) is 5.56. The maximum Gasteiger partial charge on any atom is 0.199 e. The Hall–Kier alpha value is -1.13. The van der Waals surface area contributed by atoms with Crippen molar-refractivity contribution in [2.24, 2.45) is 0 Å². The van der Waals surface area contributed by atoms with E-state index in [1.807, 2.05) is 0 Å². The molecular weight excluding hydrogens is 230 g/mol. The molecular formula is C11H12ClNO3. The van der Waals surface area contributed by atoms with Gasteiger partial charge in [-0.1, -0.05) is 11.6 Å². The highest BCUT2D eigenvalue weighted by Crippen LogP contribution is 2.26. The Balaban J connectivity index is 2.13. The first-order valence-electron chi connectivity index (χ1n) is 5.18. The highest BCUT2D eigenvalue weighted by Gasteiger charge is 2.18. The first kappa shape index (κ1) is 11.4. The summed E-state index contributed by atoms with van der Waals surface area (Å²) in [4.78, 5) is 14.7. The van der Waals surface area contributed by atoms with Gasteiger partial charge in [0.2, 0.25) is 0 Å². The molecule has 0 N–H and O–H groups in total. The number of aldehydes is 1. The Morgan fingerprint density at radius 2 is 2.38 bits per heavy atom. The van der Waals surface area contributed by atoms with Crippen molar-refractivity contribution in [2.75, 3.05) is 6.61 Å². The average Bonchev–Trinajstić information content (AvgIpc) is 2.31. The van der Waals surface area contributed by atoms with Gasteiger partial charge < -0.3 is 9.47 Å². The van der Waals surface area contributed by atoms with Crippen LogP contribution in [0.15, 0.2) is 12.4 Å². The van der Waals surface area contributed by atoms with Crippen LogP contribution in [0.5, 0.6) is 5.75 Å². The summed E-state index contributed by atoms with van der Waals surface area (Å²) in [6.45, 7) is 0.690. The summed E-state index contributed by atoms with van der Waals surface area (Å²) in [5, 5.41) is 0.295. The molecule has 0 aromatic carbocycles. The molecule has 0 bridgehead atoms. The molecule has 1 aromatic heterocycles. The number of hydrogen-bond acceptors (Lipinski definition) is 4. The van der Waals surface area contributed by atoms with Crippen LogP contribution >= 0.6 is 11.6 Å². The van der Waals surface area contributed by atoms with Crippen molar-refractivity contribution in [2.45, 2.75) is 25.6 Å². The number of hydrogen-bond donors (Lipinski definition) is 0. The van der Waals surface area contributed by atoms with Crippen LogP contribution in [-0.2, 0) is 4.74 Å². The van der Waals surface area contributed by atoms with E-state index in [0.717, 1.165) is 19.3 Å². The molecule has 4 nitrogen and oxygen atoms in total. The Kier molecular flexibility index (Phi) is 3.74. The Morgan fingerprint density at radius 3 is 3.06 bits per heavy atom. The molecule has 0 spiro atoms. The summed E-state index contributed by atoms with van der Waals surface area (Å²) in [6, 6.07) is 0. The molecule has 16 heavy (non-hydrogen) atoms. The first-order chi connectivity index (χ1) is 7.81. The highest BCUT2D eigenvalue weighted by atomic mass is 35.5. The second-order valence-corrected chi connectivity index (χ2v) is 3.97. The molecule has 0 amide bonds. The number of carbonyl (C=O) groups excluding carboxylic acids is 1. The van der Waals surface area contributed by atoms with Gasteiger partial charge in [0.15, 0.2) is 18.3 Å². The summed E-state index contributed by atoms with van der Waals surface area (Å²) in [5.41, 5.74) is 0.325. The van der Waals surface area contributed by atoms with Gasteiger partial charge in [0, 0.05) is 12.6 Å². The van der Waals surface area contributed by atoms with Crippen LogP contribution in [0.2, 0.25) is 5.02 Å². The lowest BCUT2D eigenvalue weighted by molar-refractivity contribution is -0.106. The summed E-state index contributed by atoms with van der Waals surface area (Å²) in [7, 11) is 0. The lowest BCUT2D eigenvalue weighted by Crippen LogP contribution is -2.25. The Bertz CT molecular complexity index is 377. The number of rotatable bonds is 3. The zero-order chi connectivity index (χ0) is 11.4. The van der Waals surface area contributed by atoms with Crippen LogP contribution in [0.3, 0.4) is 0 Å². The monoisotopic (exact) mass is 241 g/mol. The van der Waals surface area contributed by atoms with E-state index in [0.29, 0.717) is 29.2 Å². The van der Waals surface area contributed by atoms with E-state index in [-0.39, 0.29) is 6.29 Å². The fraction of sp³-hybridized carbons (Fsp3) is 0.455. The topological polar surface area (TPSA) is 48.4 Å². The number of nitrogens with zero attached hydrogens (tertiary/aromatic N) is 1. The van der Waals surface area contributed by atoms with Crippen LogP contribution in [0.25, 0.3) is 0 Å². The fourth-order valence-electron chi connectivity index (χ4n) is 1.58. The van der Waals surface area contributed by atoms with Gasteiger partial charge in [-0.2, -0.15) is 0 Å². The number of aromatic nitrogens is 1. The molecule has 0 aliphatic carbocycles. The van der Waals surface area contributed by atoms with Crippen LogP contribution in [-0.4, -0.2) is 24.2 Å². The molecule has 0 saturated carbocycles. The van der Waals surface area contributed by atoms with Crippen molar-refractivity contribution < 1.29 is 14.3 Å². The maximum absolute atomic E-state index is 10.9. The SMILES string of the molecule is O=Cc1c(Cl)cncc1OC1CCCCO1. The second kappa shape index (κ2) is 5.27. The maximum atomic E-state index is 10.9. The minimum Gasteiger partial charge on any atom is -0.463 e. The predicted octanol–water partition coefficient (Wildman–Crippen LogP) is 2.45. The predicted molar refractivity (Wildman–Crippen MR) is 58.9 cm³/mol. The molecule has 1 fully saturated rings. The van der Waals surface area contributed by atoms with Crippen LogP contribution < -0.4 is 4.74 Å². The summed E-state index contributed by atoms with van der Waals surface area (Å²) in [5.74, 6) is 0.384. The van der Waals surface area contributed by atoms with Gasteiger partial charge in [-0.25, -0.2) is 0 Å². The second-order valence-electron chi connectivity index (χ2n) is 3.56. The highest BCUT2D eigenvalue weighted by molar-refractivity contribution is 6.33. The number of halogens is 1. The molecule has 0 radical (unpaired) electrons. The Morgan fingerprint density at radius 1 is 1.50 bits per heavy atom. The molecule has 5 heteroatoms. The number of pyridine rings is 1. The third-order valence-corrected chi connectivity index (χ3v) is 2.72. The minimum absolute atomic E-state index is 0.295. The smallest absolute Gasteiger partial charge is 0.199 e. The van der Waals surface area contributed by atoms with Crippen molar-refractivity contribution in [3.63, 3.8) is 0 Å². The van der Waals surface area contributed by atoms with Gasteiger partial charge in [0.25, 0.3) is 0 Å². The van der Waals surface area contributed by atoms with Gasteiger partial charge >= 0.3 is 0 Å². The van der Waals surface area contributed by atoms with E-state index in [9.17, 15) is 4.79 Å². The molecule has 1 aliphatic heterocycles. The van der Waals surface area contributed by atoms with Crippen molar-refractivity contribution in [3.8, 4) is 5.75 Å². The van der Waals surface area contributed by atoms with Crippen molar-refractivity contribution in [1.29, 1.82) is 0 Å². The van der Waals surface area contributed by atoms with E-state index in [4.69, 9.17) is 21.1 Å². The van der Waals surface area contributed by atoms with Crippen molar-refractivity contribution in [3.05, 3.63) is 23.0 Å². The van der Waals surface area contributed by atoms with Gasteiger partial charge in [0.1, 0.15) is 0 Å². The number of ether oxygens (including phenoxy) is 2. The van der Waals surface area contributed by atoms with Crippen molar-refractivity contribution >= 4 is 17.9 Å². The Labute approximate surface area is 98.5 Å². The minimum atomic E-state index is -0.298. The summed E-state index contributed by atoms with van der Waals surface area (Å²) < 4.78 is 11.0. The van der Waals surface area contributed by atoms with Crippen LogP contribution in [0.4, 0.5) is 0 Å². The lowest BCUT2D eigenvalue weighted by Gasteiger charge is -2.23. The largest absolute Gasteiger partial charge is 0.463 e. The van der Waals surface area contributed by atoms with Gasteiger partial charge in [-0.15, -0.1) is 0 Å². The number of carbonyl (C=O) groups is 1. The van der Waals surface area contributed by atoms with Gasteiger partial charge in [-0.3, -0.25) is 9.78 Å². The third kappa shape index (κ3) is 2.51. The van der Waals surface area contributed by atoms with E-state index in [1.54, 1.807) is 0 Å². The molecule has 1 unspecified atom stereocenters. The van der Waals surface area contributed by atoms with E-state index >= 15 is 0 Å². The zero-order valence-electron chi connectivity index (χ0n) is 8.69. The zero-order valence-corrected chi connectivity index (χ0v) is 9.44. The van der Waals surface area contributed by atoms with E-state index in [2.05, 4.69) is 4.98 Å². The quantitative estimate of drug-likeness (QED) is 0.763. The molecule has 2 heterocycles. The van der Waals surface area contributed by atoms with E-state index in [1.165, 1.54) is 12.4 Å². The standard InChI is InChI=1S/C11H12ClNO3/c12-9-5-13-6-10(8(9)7-14)16-11-3-1-2-4-15-11/h5-7,11H,1-4H2. The normalized spacial score (nSPS) is 20.4. The van der Waals surface area contributed by atoms with Crippen LogP contribution in [0.1, 0.15) is 29.6 Å². The fourth-order valence-corrected chi connectivity index (χ4v) is 1.78. The third-order valence-electron chi connectivity index (χ3n) is 2.42. The van der Waals surface area contributed by atoms with Gasteiger partial charge in [-0.05, 0) is 12.8 Å². The summed E-state index contributed by atoms with van der Waals surface area (Å²) in [6.07, 6.45) is 6.21. The average molecular weight is 242 g/mol. The molecule has 1 aliphatic rings. The molecule has 1 saturated heterocycles. The van der Waals surface area contributed by atoms with Crippen molar-refractivity contribution in [1.82, 2.24) is 4.98 Å². The van der Waals surface area contributed by atoms with E-state index < -0.39 is 0 Å².